The van der Waals surface area contributed by atoms with Gasteiger partial charge < -0.3 is 4.74 Å². The largest absolute Gasteiger partial charge is 0.373 e. The van der Waals surface area contributed by atoms with E-state index in [0.717, 1.165) is 13.0 Å². The number of rotatable bonds is 6. The fraction of sp³-hybridized carbons (Fsp3) is 0.538. The first-order chi connectivity index (χ1) is 8.08. The maximum Gasteiger partial charge on any atom is 0.178 e. The molecule has 0 aromatic heterocycles. The van der Waals surface area contributed by atoms with E-state index >= 15 is 0 Å². The summed E-state index contributed by atoms with van der Waals surface area (Å²) in [6, 6.07) is 8.66. The molecule has 17 heavy (non-hydrogen) atoms. The van der Waals surface area contributed by atoms with Crippen molar-refractivity contribution in [3.8, 4) is 0 Å². The Labute approximate surface area is 103 Å². The van der Waals surface area contributed by atoms with Crippen LogP contribution in [0.4, 0.5) is 0 Å². The van der Waals surface area contributed by atoms with Crippen LogP contribution in [0.5, 0.6) is 0 Å². The van der Waals surface area contributed by atoms with E-state index in [9.17, 15) is 8.42 Å². The van der Waals surface area contributed by atoms with E-state index in [2.05, 4.69) is 6.92 Å². The summed E-state index contributed by atoms with van der Waals surface area (Å²) < 4.78 is 29.2. The lowest BCUT2D eigenvalue weighted by molar-refractivity contribution is 0.358. The molecule has 2 rings (SSSR count). The SMILES string of the molecule is C[C@@H](CCS(=O)(=O)c1ccccc1)C[C@@H]1CO1. The second-order valence-corrected chi connectivity index (χ2v) is 6.83. The van der Waals surface area contributed by atoms with Gasteiger partial charge in [0.1, 0.15) is 0 Å². The lowest BCUT2D eigenvalue weighted by Gasteiger charge is -2.10. The van der Waals surface area contributed by atoms with Crippen molar-refractivity contribution in [3.05, 3.63) is 30.3 Å². The van der Waals surface area contributed by atoms with Crippen molar-refractivity contribution in [1.82, 2.24) is 0 Å². The third-order valence-corrected chi connectivity index (χ3v) is 4.81. The van der Waals surface area contributed by atoms with Gasteiger partial charge in [-0.25, -0.2) is 8.42 Å². The molecule has 94 valence electrons. The zero-order valence-electron chi connectivity index (χ0n) is 10.0. The van der Waals surface area contributed by atoms with Crippen LogP contribution >= 0.6 is 0 Å². The maximum atomic E-state index is 12.0. The van der Waals surface area contributed by atoms with Gasteiger partial charge in [-0.15, -0.1) is 0 Å². The van der Waals surface area contributed by atoms with Crippen molar-refractivity contribution in [1.29, 1.82) is 0 Å². The molecule has 1 fully saturated rings. The molecule has 1 aliphatic rings. The number of hydrogen-bond donors (Lipinski definition) is 0. The summed E-state index contributed by atoms with van der Waals surface area (Å²) >= 11 is 0. The Balaban J connectivity index is 1.88. The van der Waals surface area contributed by atoms with Crippen molar-refractivity contribution < 1.29 is 13.2 Å². The lowest BCUT2D eigenvalue weighted by atomic mass is 10.0. The van der Waals surface area contributed by atoms with Crippen LogP contribution in [-0.4, -0.2) is 26.9 Å². The van der Waals surface area contributed by atoms with Gasteiger partial charge >= 0.3 is 0 Å². The van der Waals surface area contributed by atoms with Crippen LogP contribution < -0.4 is 0 Å². The summed E-state index contributed by atoms with van der Waals surface area (Å²) in [5, 5.41) is 0. The monoisotopic (exact) mass is 254 g/mol. The van der Waals surface area contributed by atoms with Crippen LogP contribution in [0.25, 0.3) is 0 Å². The topological polar surface area (TPSA) is 46.7 Å². The highest BCUT2D eigenvalue weighted by molar-refractivity contribution is 7.91. The minimum absolute atomic E-state index is 0.227. The zero-order chi connectivity index (χ0) is 12.3. The Bertz CT molecular complexity index is 449. The summed E-state index contributed by atoms with van der Waals surface area (Å²) in [4.78, 5) is 0.426. The molecule has 0 unspecified atom stereocenters. The summed E-state index contributed by atoms with van der Waals surface area (Å²) in [5.41, 5.74) is 0. The van der Waals surface area contributed by atoms with Gasteiger partial charge in [0, 0.05) is 0 Å². The Morgan fingerprint density at radius 3 is 2.59 bits per heavy atom. The van der Waals surface area contributed by atoms with E-state index in [-0.39, 0.29) is 5.75 Å². The Kier molecular flexibility index (Phi) is 3.84. The minimum atomic E-state index is -3.11. The normalized spacial score (nSPS) is 21.1. The Morgan fingerprint density at radius 1 is 1.35 bits per heavy atom. The number of ether oxygens (including phenoxy) is 1. The van der Waals surface area contributed by atoms with Crippen molar-refractivity contribution >= 4 is 9.84 Å². The van der Waals surface area contributed by atoms with Crippen molar-refractivity contribution in [3.63, 3.8) is 0 Å². The summed E-state index contributed by atoms with van der Waals surface area (Å²) in [6.07, 6.45) is 2.06. The van der Waals surface area contributed by atoms with Crippen LogP contribution in [0.1, 0.15) is 19.8 Å². The molecule has 1 saturated heterocycles. The molecule has 1 aromatic carbocycles. The van der Waals surface area contributed by atoms with Gasteiger partial charge in [0.25, 0.3) is 0 Å². The van der Waals surface area contributed by atoms with Crippen molar-refractivity contribution in [2.75, 3.05) is 12.4 Å². The Hall–Kier alpha value is -0.870. The molecule has 1 aromatic rings. The smallest absolute Gasteiger partial charge is 0.178 e. The van der Waals surface area contributed by atoms with E-state index in [0.29, 0.717) is 23.3 Å². The zero-order valence-corrected chi connectivity index (χ0v) is 10.8. The molecule has 0 aliphatic carbocycles. The summed E-state index contributed by atoms with van der Waals surface area (Å²) in [6.45, 7) is 2.93. The second-order valence-electron chi connectivity index (χ2n) is 4.72. The number of hydrogen-bond acceptors (Lipinski definition) is 3. The van der Waals surface area contributed by atoms with E-state index in [1.165, 1.54) is 0 Å². The molecule has 4 heteroatoms. The minimum Gasteiger partial charge on any atom is -0.373 e. The first kappa shape index (κ1) is 12.6. The molecular formula is C13H18O3S. The van der Waals surface area contributed by atoms with Crippen LogP contribution in [-0.2, 0) is 14.6 Å². The van der Waals surface area contributed by atoms with Gasteiger partial charge in [0.15, 0.2) is 9.84 Å². The average molecular weight is 254 g/mol. The fourth-order valence-electron chi connectivity index (χ4n) is 1.87. The van der Waals surface area contributed by atoms with E-state index in [4.69, 9.17) is 4.74 Å². The molecule has 0 spiro atoms. The third kappa shape index (κ3) is 3.82. The van der Waals surface area contributed by atoms with Gasteiger partial charge in [0.05, 0.1) is 23.4 Å². The van der Waals surface area contributed by atoms with Gasteiger partial charge in [-0.3, -0.25) is 0 Å². The standard InChI is InChI=1S/C13H18O3S/c1-11(9-12-10-16-12)7-8-17(14,15)13-5-3-2-4-6-13/h2-6,11-12H,7-10H2,1H3/t11-,12+/m0/s1. The number of benzene rings is 1. The molecule has 2 atom stereocenters. The van der Waals surface area contributed by atoms with Crippen LogP contribution in [0.2, 0.25) is 0 Å². The average Bonchev–Trinajstić information content (AvgIpc) is 3.12. The number of sulfone groups is 1. The second kappa shape index (κ2) is 5.19. The molecule has 0 amide bonds. The molecule has 1 aliphatic heterocycles. The van der Waals surface area contributed by atoms with Crippen LogP contribution in [0, 0.1) is 5.92 Å². The van der Waals surface area contributed by atoms with Gasteiger partial charge in [-0.05, 0) is 30.9 Å². The maximum absolute atomic E-state index is 12.0. The molecule has 0 radical (unpaired) electrons. The lowest BCUT2D eigenvalue weighted by Crippen LogP contribution is -2.11. The molecule has 3 nitrogen and oxygen atoms in total. The quantitative estimate of drug-likeness (QED) is 0.732. The summed E-state index contributed by atoms with van der Waals surface area (Å²) in [5.74, 6) is 0.631. The summed E-state index contributed by atoms with van der Waals surface area (Å²) in [7, 11) is -3.11. The van der Waals surface area contributed by atoms with Gasteiger partial charge in [-0.1, -0.05) is 25.1 Å². The molecule has 0 bridgehead atoms. The molecule has 0 saturated carbocycles. The molecule has 0 N–H and O–H groups in total. The van der Waals surface area contributed by atoms with E-state index in [1.54, 1.807) is 24.3 Å². The van der Waals surface area contributed by atoms with Crippen molar-refractivity contribution in [2.45, 2.75) is 30.8 Å². The third-order valence-electron chi connectivity index (χ3n) is 3.05. The fourth-order valence-corrected chi connectivity index (χ4v) is 3.39. The highest BCUT2D eigenvalue weighted by Crippen LogP contribution is 2.22. The number of epoxide rings is 1. The van der Waals surface area contributed by atoms with Gasteiger partial charge in [-0.2, -0.15) is 0 Å². The predicted octanol–water partition coefficient (Wildman–Crippen LogP) is 2.28. The Morgan fingerprint density at radius 2 is 2.00 bits per heavy atom. The molecular weight excluding hydrogens is 236 g/mol. The van der Waals surface area contributed by atoms with E-state index in [1.807, 2.05) is 6.07 Å². The van der Waals surface area contributed by atoms with Gasteiger partial charge in [0.2, 0.25) is 0 Å². The van der Waals surface area contributed by atoms with E-state index < -0.39 is 9.84 Å². The highest BCUT2D eigenvalue weighted by atomic mass is 32.2. The van der Waals surface area contributed by atoms with Crippen LogP contribution in [0.15, 0.2) is 35.2 Å². The predicted molar refractivity (Wildman–Crippen MR) is 66.6 cm³/mol. The van der Waals surface area contributed by atoms with Crippen LogP contribution in [0.3, 0.4) is 0 Å². The first-order valence-corrected chi connectivity index (χ1v) is 7.62. The molecule has 1 heterocycles. The van der Waals surface area contributed by atoms with Crippen molar-refractivity contribution in [2.24, 2.45) is 5.92 Å². The highest BCUT2D eigenvalue weighted by Gasteiger charge is 2.25. The first-order valence-electron chi connectivity index (χ1n) is 5.97.